The molecular weight excluding hydrogens is 270 g/mol. The fourth-order valence-electron chi connectivity index (χ4n) is 2.07. The number of aromatic carboxylic acids is 1. The first-order valence-corrected chi connectivity index (χ1v) is 6.57. The van der Waals surface area contributed by atoms with E-state index in [1.54, 1.807) is 6.07 Å². The molecule has 21 heavy (non-hydrogen) atoms. The van der Waals surface area contributed by atoms with Crippen LogP contribution in [0.15, 0.2) is 46.9 Å². The van der Waals surface area contributed by atoms with Crippen molar-refractivity contribution in [1.29, 1.82) is 0 Å². The summed E-state index contributed by atoms with van der Waals surface area (Å²) in [5, 5.41) is 8.96. The van der Waals surface area contributed by atoms with Gasteiger partial charge in [-0.05, 0) is 36.2 Å². The standard InChI is InChI=1S/C16H13NO4/c1-2-10-5-3-4-6-13(10)20-16-17-12-8-7-11(15(18)19)9-14(12)21-16/h3-9H,2H2,1H3,(H,18,19). The molecule has 0 atom stereocenters. The normalized spacial score (nSPS) is 10.7. The molecular formula is C16H13NO4. The second-order valence-electron chi connectivity index (χ2n) is 4.53. The van der Waals surface area contributed by atoms with E-state index < -0.39 is 5.97 Å². The molecule has 0 aliphatic heterocycles. The van der Waals surface area contributed by atoms with E-state index in [1.807, 2.05) is 31.2 Å². The van der Waals surface area contributed by atoms with Gasteiger partial charge in [-0.15, -0.1) is 0 Å². The van der Waals surface area contributed by atoms with Crippen LogP contribution in [-0.2, 0) is 6.42 Å². The monoisotopic (exact) mass is 283 g/mol. The van der Waals surface area contributed by atoms with Crippen molar-refractivity contribution < 1.29 is 19.1 Å². The predicted octanol–water partition coefficient (Wildman–Crippen LogP) is 3.88. The van der Waals surface area contributed by atoms with Crippen LogP contribution in [0, 0.1) is 0 Å². The smallest absolute Gasteiger partial charge is 0.400 e. The van der Waals surface area contributed by atoms with Crippen molar-refractivity contribution in [1.82, 2.24) is 4.98 Å². The van der Waals surface area contributed by atoms with Gasteiger partial charge in [-0.2, -0.15) is 4.98 Å². The Bertz CT molecular complexity index is 807. The zero-order chi connectivity index (χ0) is 14.8. The average Bonchev–Trinajstić information content (AvgIpc) is 2.89. The van der Waals surface area contributed by atoms with Gasteiger partial charge >= 0.3 is 12.0 Å². The maximum atomic E-state index is 10.9. The summed E-state index contributed by atoms with van der Waals surface area (Å²) in [7, 11) is 0. The molecule has 5 heteroatoms. The van der Waals surface area contributed by atoms with Crippen molar-refractivity contribution in [2.75, 3.05) is 0 Å². The summed E-state index contributed by atoms with van der Waals surface area (Å²) in [6, 6.07) is 12.1. The molecule has 0 aliphatic rings. The fourth-order valence-corrected chi connectivity index (χ4v) is 2.07. The highest BCUT2D eigenvalue weighted by molar-refractivity contribution is 5.91. The lowest BCUT2D eigenvalue weighted by atomic mass is 10.1. The molecule has 3 aromatic rings. The first kappa shape index (κ1) is 13.2. The highest BCUT2D eigenvalue weighted by atomic mass is 16.6. The fraction of sp³-hybridized carbons (Fsp3) is 0.125. The van der Waals surface area contributed by atoms with Gasteiger partial charge in [-0.25, -0.2) is 4.79 Å². The van der Waals surface area contributed by atoms with E-state index >= 15 is 0 Å². The van der Waals surface area contributed by atoms with Crippen LogP contribution in [-0.4, -0.2) is 16.1 Å². The van der Waals surface area contributed by atoms with Crippen molar-refractivity contribution in [3.63, 3.8) is 0 Å². The van der Waals surface area contributed by atoms with Gasteiger partial charge in [-0.1, -0.05) is 25.1 Å². The number of benzene rings is 2. The molecule has 5 nitrogen and oxygen atoms in total. The second-order valence-corrected chi connectivity index (χ2v) is 4.53. The number of carboxylic acid groups (broad SMARTS) is 1. The number of rotatable bonds is 4. The molecule has 0 radical (unpaired) electrons. The van der Waals surface area contributed by atoms with Gasteiger partial charge in [0, 0.05) is 0 Å². The lowest BCUT2D eigenvalue weighted by molar-refractivity contribution is 0.0697. The molecule has 106 valence electrons. The van der Waals surface area contributed by atoms with Gasteiger partial charge in [0.15, 0.2) is 5.58 Å². The first-order chi connectivity index (χ1) is 10.2. The maximum Gasteiger partial charge on any atom is 0.400 e. The van der Waals surface area contributed by atoms with Crippen molar-refractivity contribution in [3.8, 4) is 11.8 Å². The van der Waals surface area contributed by atoms with Crippen LogP contribution in [0.4, 0.5) is 0 Å². The summed E-state index contributed by atoms with van der Waals surface area (Å²) in [5.41, 5.74) is 2.15. The van der Waals surface area contributed by atoms with E-state index in [9.17, 15) is 4.79 Å². The number of carbonyl (C=O) groups is 1. The third-order valence-electron chi connectivity index (χ3n) is 3.17. The largest absolute Gasteiger partial charge is 0.478 e. The SMILES string of the molecule is CCc1ccccc1Oc1nc2ccc(C(=O)O)cc2o1. The van der Waals surface area contributed by atoms with Gasteiger partial charge in [0.1, 0.15) is 11.3 Å². The quantitative estimate of drug-likeness (QED) is 0.786. The molecule has 0 spiro atoms. The Balaban J connectivity index is 1.96. The average molecular weight is 283 g/mol. The number of nitrogens with zero attached hydrogens (tertiary/aromatic N) is 1. The second kappa shape index (κ2) is 5.28. The molecule has 3 rings (SSSR count). The number of hydrogen-bond donors (Lipinski definition) is 1. The van der Waals surface area contributed by atoms with Crippen molar-refractivity contribution in [2.24, 2.45) is 0 Å². The maximum absolute atomic E-state index is 10.9. The molecule has 0 bridgehead atoms. The van der Waals surface area contributed by atoms with E-state index in [-0.39, 0.29) is 11.6 Å². The third kappa shape index (κ3) is 2.58. The van der Waals surface area contributed by atoms with Gasteiger partial charge < -0.3 is 14.3 Å². The van der Waals surface area contributed by atoms with Crippen molar-refractivity contribution in [3.05, 3.63) is 53.6 Å². The number of para-hydroxylation sites is 1. The van der Waals surface area contributed by atoms with Gasteiger partial charge in [0.05, 0.1) is 5.56 Å². The Morgan fingerprint density at radius 3 is 2.86 bits per heavy atom. The van der Waals surface area contributed by atoms with Gasteiger partial charge in [0.2, 0.25) is 0 Å². The topological polar surface area (TPSA) is 72.6 Å². The third-order valence-corrected chi connectivity index (χ3v) is 3.17. The molecule has 1 heterocycles. The first-order valence-electron chi connectivity index (χ1n) is 6.57. The van der Waals surface area contributed by atoms with Gasteiger partial charge in [0.25, 0.3) is 0 Å². The molecule has 1 aromatic heterocycles. The predicted molar refractivity (Wildman–Crippen MR) is 76.9 cm³/mol. The Kier molecular flexibility index (Phi) is 3.31. The van der Waals surface area contributed by atoms with E-state index in [0.717, 1.165) is 12.0 Å². The summed E-state index contributed by atoms with van der Waals surface area (Å²) < 4.78 is 11.1. The molecule has 0 fully saturated rings. The summed E-state index contributed by atoms with van der Waals surface area (Å²) in [4.78, 5) is 15.1. The van der Waals surface area contributed by atoms with Crippen molar-refractivity contribution >= 4 is 17.1 Å². The van der Waals surface area contributed by atoms with Crippen LogP contribution in [0.3, 0.4) is 0 Å². The molecule has 0 amide bonds. The molecule has 1 N–H and O–H groups in total. The summed E-state index contributed by atoms with van der Waals surface area (Å²) in [5.74, 6) is -0.322. The van der Waals surface area contributed by atoms with E-state index in [0.29, 0.717) is 16.8 Å². The minimum Gasteiger partial charge on any atom is -0.478 e. The number of carboxylic acids is 1. The number of oxazole rings is 1. The zero-order valence-electron chi connectivity index (χ0n) is 11.4. The van der Waals surface area contributed by atoms with Crippen LogP contribution in [0.2, 0.25) is 0 Å². The summed E-state index contributed by atoms with van der Waals surface area (Å²) >= 11 is 0. The number of aromatic nitrogens is 1. The van der Waals surface area contributed by atoms with E-state index in [1.165, 1.54) is 12.1 Å². The number of ether oxygens (including phenoxy) is 1. The van der Waals surface area contributed by atoms with Crippen LogP contribution < -0.4 is 4.74 Å². The minimum absolute atomic E-state index is 0.105. The number of hydrogen-bond acceptors (Lipinski definition) is 4. The highest BCUT2D eigenvalue weighted by Gasteiger charge is 2.12. The summed E-state index contributed by atoms with van der Waals surface area (Å²) in [6.07, 6.45) is 0.938. The van der Waals surface area contributed by atoms with Crippen LogP contribution >= 0.6 is 0 Å². The van der Waals surface area contributed by atoms with E-state index in [2.05, 4.69) is 4.98 Å². The van der Waals surface area contributed by atoms with Crippen molar-refractivity contribution in [2.45, 2.75) is 13.3 Å². The Morgan fingerprint density at radius 2 is 2.10 bits per heavy atom. The Morgan fingerprint density at radius 1 is 1.29 bits per heavy atom. The lowest BCUT2D eigenvalue weighted by Gasteiger charge is -2.05. The summed E-state index contributed by atoms with van der Waals surface area (Å²) in [6.45, 7) is 2.04. The Hall–Kier alpha value is -2.82. The van der Waals surface area contributed by atoms with Crippen LogP contribution in [0.5, 0.6) is 11.8 Å². The minimum atomic E-state index is -1.01. The lowest BCUT2D eigenvalue weighted by Crippen LogP contribution is -1.94. The zero-order valence-corrected chi connectivity index (χ0v) is 11.4. The number of fused-ring (bicyclic) bond motifs is 1. The molecule has 0 saturated heterocycles. The van der Waals surface area contributed by atoms with Gasteiger partial charge in [-0.3, -0.25) is 0 Å². The van der Waals surface area contributed by atoms with Crippen LogP contribution in [0.1, 0.15) is 22.8 Å². The molecule has 0 saturated carbocycles. The molecule has 0 aliphatic carbocycles. The molecule has 2 aromatic carbocycles. The van der Waals surface area contributed by atoms with E-state index in [4.69, 9.17) is 14.3 Å². The Labute approximate surface area is 120 Å². The highest BCUT2D eigenvalue weighted by Crippen LogP contribution is 2.28. The molecule has 0 unspecified atom stereocenters. The van der Waals surface area contributed by atoms with Crippen LogP contribution in [0.25, 0.3) is 11.1 Å². The number of aryl methyl sites for hydroxylation is 1.